The number of urea groups is 1. The van der Waals surface area contributed by atoms with Crippen LogP contribution < -0.4 is 64.2 Å². The first-order chi connectivity index (χ1) is 67.1. The van der Waals surface area contributed by atoms with Gasteiger partial charge in [-0.05, 0) is 202 Å². The second-order valence-electron chi connectivity index (χ2n) is 39.8. The fraction of sp³-hybridized carbons (Fsp3) is 0.631. The number of aliphatic hydroxyl groups is 7. The number of aliphatic hydroxyl groups excluding tert-OH is 7. The molecule has 8 aliphatic rings. The molecular formula is C103H146N12O25. The quantitative estimate of drug-likeness (QED) is 0.0170. The van der Waals surface area contributed by atoms with Gasteiger partial charge in [0.05, 0.1) is 119 Å². The Morgan fingerprint density at radius 1 is 0.536 bits per heavy atom. The molecule has 3 heterocycles. The van der Waals surface area contributed by atoms with Crippen molar-refractivity contribution in [3.63, 3.8) is 0 Å². The van der Waals surface area contributed by atoms with Gasteiger partial charge in [-0.3, -0.25) is 48.5 Å². The third-order valence-electron chi connectivity index (χ3n) is 30.0. The number of nitrogens with zero attached hydrogens (tertiary/aromatic N) is 1. The van der Waals surface area contributed by atoms with E-state index in [-0.39, 0.29) is 176 Å². The number of allylic oxidation sites excluding steroid dienone is 1. The Hall–Kier alpha value is -10.3. The third-order valence-corrected chi connectivity index (χ3v) is 30.0. The second-order valence-corrected chi connectivity index (χ2v) is 39.8. The fourth-order valence-corrected chi connectivity index (χ4v) is 22.2. The van der Waals surface area contributed by atoms with Crippen LogP contribution >= 0.6 is 0 Å². The Labute approximate surface area is 818 Å². The minimum absolute atomic E-state index is 0.00258. The van der Waals surface area contributed by atoms with Crippen molar-refractivity contribution in [1.82, 2.24) is 42.5 Å². The lowest BCUT2D eigenvalue weighted by atomic mass is 9.49. The van der Waals surface area contributed by atoms with E-state index in [0.29, 0.717) is 81.4 Å². The number of primary amides is 1. The van der Waals surface area contributed by atoms with Gasteiger partial charge in [-0.15, -0.1) is 0 Å². The molecule has 2 saturated heterocycles. The van der Waals surface area contributed by atoms with Crippen LogP contribution in [0.25, 0.3) is 0 Å². The van der Waals surface area contributed by atoms with Crippen LogP contribution in [-0.2, 0) is 107 Å². The highest BCUT2D eigenvalue weighted by Gasteiger charge is 2.60. The minimum atomic E-state index is -1.80. The summed E-state index contributed by atoms with van der Waals surface area (Å²) in [4.78, 5) is 142. The van der Waals surface area contributed by atoms with Crippen LogP contribution in [0.5, 0.6) is 5.75 Å². The summed E-state index contributed by atoms with van der Waals surface area (Å²) in [5, 5.41) is 112. The molecule has 0 radical (unpaired) electrons. The highest BCUT2D eigenvalue weighted by Crippen LogP contribution is 2.60. The van der Waals surface area contributed by atoms with Crippen LogP contribution in [0, 0.1) is 46.3 Å². The molecule has 20 atom stereocenters. The predicted octanol–water partition coefficient (Wildman–Crippen LogP) is 3.85. The number of phenols is 1. The number of ether oxygens (including phenoxy) is 7. The number of nitrogens with one attached hydrogen (secondary N) is 9. The summed E-state index contributed by atoms with van der Waals surface area (Å²) in [6.07, 6.45) is -4.68. The Kier molecular flexibility index (Phi) is 39.2. The number of phenolic OH excluding ortho intramolecular Hbond substituents is 1. The van der Waals surface area contributed by atoms with Crippen molar-refractivity contribution in [1.29, 1.82) is 0 Å². The van der Waals surface area contributed by atoms with E-state index in [1.165, 1.54) is 5.56 Å². The molecule has 37 nitrogen and oxygen atoms in total. The van der Waals surface area contributed by atoms with E-state index in [1.807, 2.05) is 86.6 Å². The Bertz CT molecular complexity index is 5050. The number of benzene rings is 4. The molecule has 0 bridgehead atoms. The molecule has 0 spiro atoms. The number of hydrogen-bond donors (Lipinski definition) is 19. The molecule has 3 unspecified atom stereocenters. The van der Waals surface area contributed by atoms with Crippen LogP contribution in [0.3, 0.4) is 0 Å². The van der Waals surface area contributed by atoms with Crippen molar-refractivity contribution in [2.24, 2.45) is 46.0 Å². The normalized spacial score (nSPS) is 28.0. The molecule has 3 aliphatic heterocycles. The smallest absolute Gasteiger partial charge is 0.312 e. The Morgan fingerprint density at radius 2 is 1.14 bits per heavy atom. The summed E-state index contributed by atoms with van der Waals surface area (Å²) in [7, 11) is 0. The third kappa shape index (κ3) is 27.0. The van der Waals surface area contributed by atoms with E-state index in [2.05, 4.69) is 73.5 Å². The number of unbranched alkanes of at least 4 members (excludes halogenated alkanes) is 1. The summed E-state index contributed by atoms with van der Waals surface area (Å²) in [5.41, 5.74) is 17.9. The molecule has 4 aromatic carbocycles. The van der Waals surface area contributed by atoms with Crippen molar-refractivity contribution in [2.45, 2.75) is 286 Å². The van der Waals surface area contributed by atoms with Gasteiger partial charge >= 0.3 is 6.03 Å². The van der Waals surface area contributed by atoms with Gasteiger partial charge in [0.1, 0.15) is 61.0 Å². The van der Waals surface area contributed by atoms with Gasteiger partial charge in [-0.25, -0.2) is 4.79 Å². The van der Waals surface area contributed by atoms with Crippen LogP contribution in [0.1, 0.15) is 215 Å². The maximum Gasteiger partial charge on any atom is 0.312 e. The number of aromatic hydroxyl groups is 1. The summed E-state index contributed by atoms with van der Waals surface area (Å²) < 4.78 is 40.6. The molecule has 37 heteroatoms. The molecule has 21 N–H and O–H groups in total. The average molecular weight is 1950 g/mol. The largest absolute Gasteiger partial charge is 0.508 e. The number of carbonyl (C=O) groups excluding carboxylic acids is 10. The lowest BCUT2D eigenvalue weighted by Gasteiger charge is -2.56. The number of nitrogens with two attached hydrogens (primary N) is 2. The van der Waals surface area contributed by atoms with Crippen LogP contribution in [-0.4, -0.2) is 272 Å². The first-order valence-corrected chi connectivity index (χ1v) is 49.8. The molecule has 5 aliphatic carbocycles. The van der Waals surface area contributed by atoms with Crippen molar-refractivity contribution in [2.75, 3.05) is 103 Å². The standard InChI is InChI=1S/C103H146N12O25/c1-61(2)86(95(130)111-73(24-16-45-108-99(105)133)93(128)109-67-33-29-63-31-35-78-100(3,69(63)55-67)40-17-42-102(78,5)97(131)114-98(132)103(6)43-18-41-101(4)70-56-68(118)34-30-64(70)32-36-79(101)103)113-94(129)72(23-14-15-44-106-82(121)60-138-75-26-9-7-8-22-71(85(75)104)112-96-91(127)88(124)84(76(58-116)140-96)92-90(126)89(125)87(123)77(59-117)139-92)110-81(120)39-47-134-49-51-136-53-54-137-52-50-135-48-46-107-80(119)37-38-83(122)115-57-66-21-11-10-19-62(66)27-28-65-20-12-13-25-74(65)115/h10-13,19-21,25,29-30,33-34,55-56,61,72-73,75-79,84,86-92,96,112,116-118,123-127H,7-9,14-18,22-24,26,31-32,35-54,57-60,104H2,1-6H3,(H,106,121)(H,107,119)(H,109,128)(H,110,120)(H,111,130)(H,113,129)(H3,105,108,133)(H,114,131,132)/b85-71-/t72-,73+,75?,76-,77-,78?,79-,84?,86+,87-,88+,89+,90-,91-,92-,96+,100-,101-,102+,103+/m1/s1. The SMILES string of the molecule is CC(C)[C@H](NC(=O)[C@@H](CCCCNC(=O)COC1CCCCC/C(N[C@H]2O[C@H](CO)C([C@H]3O[C@H](CO)[C@@H](O)[C@H](O)[C@H]3O)[C@H](O)[C@H]2O)=C\1N)NC(=O)CCOCCOCCOCCOCCNC(=O)CCC(=O)N1Cc2ccccc2C#Cc2ccccc21)C(=O)N[C@@H](CCCNC(N)=O)C(=O)Nc1ccc2c(c1)[C@@]1(C)CCC[C@](C)(C(=O)NC(=O)[C@@]3(C)CCC[C@]4(C)c5cc(O)ccc5CC[C@@H]34)C1CC2. The van der Waals surface area contributed by atoms with Crippen LogP contribution in [0.4, 0.5) is 16.2 Å². The Balaban J connectivity index is 0.629. The number of imide groups is 1. The highest BCUT2D eigenvalue weighted by atomic mass is 16.6. The maximum atomic E-state index is 15.1. The number of hydrogen-bond acceptors (Lipinski definition) is 27. The molecule has 0 aromatic heterocycles. The first-order valence-electron chi connectivity index (χ1n) is 49.8. The fourth-order valence-electron chi connectivity index (χ4n) is 22.2. The van der Waals surface area contributed by atoms with Gasteiger partial charge in [-0.1, -0.05) is 122 Å². The van der Waals surface area contributed by atoms with E-state index in [0.717, 1.165) is 71.9 Å². The molecule has 2 saturated carbocycles. The number of fused-ring (bicyclic) bond motifs is 8. The number of para-hydroxylation sites is 1. The zero-order chi connectivity index (χ0) is 101. The maximum absolute atomic E-state index is 15.1. The highest BCUT2D eigenvalue weighted by molar-refractivity contribution is 6.02. The van der Waals surface area contributed by atoms with Gasteiger partial charge in [-0.2, -0.15) is 0 Å². The van der Waals surface area contributed by atoms with Gasteiger partial charge < -0.3 is 133 Å². The van der Waals surface area contributed by atoms with E-state index in [9.17, 15) is 84.0 Å². The van der Waals surface area contributed by atoms with Crippen molar-refractivity contribution >= 4 is 70.6 Å². The van der Waals surface area contributed by atoms with Gasteiger partial charge in [0.15, 0.2) is 6.23 Å². The summed E-state index contributed by atoms with van der Waals surface area (Å²) in [5.74, 6) is 0.187. The lowest BCUT2D eigenvalue weighted by Crippen LogP contribution is -2.68. The van der Waals surface area contributed by atoms with Gasteiger partial charge in [0.25, 0.3) is 0 Å². The van der Waals surface area contributed by atoms with Crippen LogP contribution in [0.15, 0.2) is 96.3 Å². The molecule has 768 valence electrons. The zero-order valence-corrected chi connectivity index (χ0v) is 81.4. The molecular weight excluding hydrogens is 1810 g/mol. The first kappa shape index (κ1) is 109. The van der Waals surface area contributed by atoms with Gasteiger partial charge in [0, 0.05) is 67.3 Å². The monoisotopic (exact) mass is 1950 g/mol. The molecule has 4 aromatic rings. The molecule has 11 amide bonds. The summed E-state index contributed by atoms with van der Waals surface area (Å²) in [6.45, 7) is 11.9. The van der Waals surface area contributed by atoms with Crippen molar-refractivity contribution in [3.05, 3.63) is 135 Å². The molecule has 140 heavy (non-hydrogen) atoms. The van der Waals surface area contributed by atoms with Crippen molar-refractivity contribution in [3.8, 4) is 17.6 Å². The number of anilines is 2. The van der Waals surface area contributed by atoms with Crippen LogP contribution in [0.2, 0.25) is 0 Å². The number of rotatable bonds is 45. The second kappa shape index (κ2) is 50.6. The lowest BCUT2D eigenvalue weighted by molar-refractivity contribution is -0.290. The number of aryl methyl sites for hydroxylation is 2. The number of carbonyl (C=O) groups is 10. The van der Waals surface area contributed by atoms with E-state index >= 15 is 4.79 Å². The zero-order valence-electron chi connectivity index (χ0n) is 81.4. The van der Waals surface area contributed by atoms with E-state index in [1.54, 1.807) is 30.9 Å². The minimum Gasteiger partial charge on any atom is -0.508 e. The topological polar surface area (TPSA) is 561 Å². The molecule has 12 rings (SSSR count). The number of amides is 11. The Morgan fingerprint density at radius 3 is 1.80 bits per heavy atom. The summed E-state index contributed by atoms with van der Waals surface area (Å²) in [6, 6.07) is 21.8. The van der Waals surface area contributed by atoms with Crippen molar-refractivity contribution < 1.29 is 122 Å². The van der Waals surface area contributed by atoms with Gasteiger partial charge in [0.2, 0.25) is 53.2 Å². The average Bonchev–Trinajstić information content (AvgIpc) is 0.717. The predicted molar refractivity (Wildman–Crippen MR) is 515 cm³/mol. The van der Waals surface area contributed by atoms with E-state index < -0.39 is 163 Å². The molecule has 4 fully saturated rings. The summed E-state index contributed by atoms with van der Waals surface area (Å²) >= 11 is 0. The van der Waals surface area contributed by atoms with E-state index in [4.69, 9.17) is 44.6 Å².